The largest absolute Gasteiger partial charge is 0.508 e. The molecule has 0 atom stereocenters. The van der Waals surface area contributed by atoms with Crippen molar-refractivity contribution in [2.45, 2.75) is 6.42 Å². The Balaban J connectivity index is 2.97. The van der Waals surface area contributed by atoms with Crippen molar-refractivity contribution in [2.75, 3.05) is 0 Å². The maximum atomic E-state index is 10.3. The highest BCUT2D eigenvalue weighted by Crippen LogP contribution is 2.19. The maximum Gasteiger partial charge on any atom is 0.307 e. The van der Waals surface area contributed by atoms with Gasteiger partial charge in [-0.15, -0.1) is 0 Å². The van der Waals surface area contributed by atoms with Crippen LogP contribution in [-0.4, -0.2) is 16.2 Å². The molecule has 0 heterocycles. The molecule has 0 aliphatic rings. The van der Waals surface area contributed by atoms with E-state index in [1.807, 2.05) is 0 Å². The van der Waals surface area contributed by atoms with Gasteiger partial charge in [-0.05, 0) is 40.8 Å². The van der Waals surface area contributed by atoms with E-state index < -0.39 is 5.97 Å². The molecule has 4 heteroatoms. The molecule has 0 unspecified atom stereocenters. The average molecular weight is 278 g/mol. The van der Waals surface area contributed by atoms with Crippen molar-refractivity contribution in [3.8, 4) is 5.75 Å². The fraction of sp³-hybridized carbons (Fsp3) is 0.125. The minimum absolute atomic E-state index is 0.0396. The third kappa shape index (κ3) is 2.37. The molecule has 0 saturated carbocycles. The first-order valence-electron chi connectivity index (χ1n) is 3.29. The van der Waals surface area contributed by atoms with E-state index in [0.717, 1.165) is 3.57 Å². The van der Waals surface area contributed by atoms with Crippen LogP contribution in [0.4, 0.5) is 0 Å². The number of benzene rings is 1. The number of aromatic hydroxyl groups is 1. The van der Waals surface area contributed by atoms with Gasteiger partial charge in [-0.2, -0.15) is 0 Å². The summed E-state index contributed by atoms with van der Waals surface area (Å²) in [5, 5.41) is 17.7. The number of phenols is 1. The number of carboxylic acid groups (broad SMARTS) is 1. The maximum absolute atomic E-state index is 10.3. The SMILES string of the molecule is O=C(O)Cc1cc(I)ccc1O. The van der Waals surface area contributed by atoms with Crippen LogP contribution in [0, 0.1) is 3.57 Å². The van der Waals surface area contributed by atoms with Crippen LogP contribution in [-0.2, 0) is 11.2 Å². The lowest BCUT2D eigenvalue weighted by molar-refractivity contribution is -0.136. The predicted molar refractivity (Wildman–Crippen MR) is 52.2 cm³/mol. The van der Waals surface area contributed by atoms with E-state index in [0.29, 0.717) is 5.56 Å². The van der Waals surface area contributed by atoms with Crippen LogP contribution in [0.5, 0.6) is 5.75 Å². The molecular formula is C8H7IO3. The molecular weight excluding hydrogens is 271 g/mol. The lowest BCUT2D eigenvalue weighted by Gasteiger charge is -2.01. The average Bonchev–Trinajstić information content (AvgIpc) is 1.96. The second-order valence-electron chi connectivity index (χ2n) is 2.34. The fourth-order valence-electron chi connectivity index (χ4n) is 0.859. The topological polar surface area (TPSA) is 57.5 Å². The van der Waals surface area contributed by atoms with E-state index in [9.17, 15) is 9.90 Å². The first kappa shape index (κ1) is 9.31. The molecule has 0 aliphatic carbocycles. The summed E-state index contributed by atoms with van der Waals surface area (Å²) in [6, 6.07) is 4.88. The zero-order valence-electron chi connectivity index (χ0n) is 6.12. The summed E-state index contributed by atoms with van der Waals surface area (Å²) in [5.41, 5.74) is 0.453. The van der Waals surface area contributed by atoms with E-state index in [2.05, 4.69) is 22.6 Å². The summed E-state index contributed by atoms with van der Waals surface area (Å²) in [7, 11) is 0. The molecule has 12 heavy (non-hydrogen) atoms. The zero-order valence-corrected chi connectivity index (χ0v) is 8.28. The van der Waals surface area contributed by atoms with Crippen molar-refractivity contribution in [2.24, 2.45) is 0 Å². The van der Waals surface area contributed by atoms with E-state index >= 15 is 0 Å². The van der Waals surface area contributed by atoms with E-state index in [1.54, 1.807) is 12.1 Å². The highest BCUT2D eigenvalue weighted by molar-refractivity contribution is 14.1. The van der Waals surface area contributed by atoms with Crippen molar-refractivity contribution in [3.63, 3.8) is 0 Å². The molecule has 1 aromatic carbocycles. The third-order valence-corrected chi connectivity index (χ3v) is 2.05. The Kier molecular flexibility index (Phi) is 2.91. The van der Waals surface area contributed by atoms with Crippen LogP contribution in [0.25, 0.3) is 0 Å². The Hall–Kier alpha value is -0.780. The van der Waals surface area contributed by atoms with Gasteiger partial charge in [0.2, 0.25) is 0 Å². The first-order chi connectivity index (χ1) is 5.59. The van der Waals surface area contributed by atoms with Gasteiger partial charge >= 0.3 is 5.97 Å². The van der Waals surface area contributed by atoms with Crippen molar-refractivity contribution in [1.82, 2.24) is 0 Å². The molecule has 0 spiro atoms. The number of carbonyl (C=O) groups is 1. The van der Waals surface area contributed by atoms with Gasteiger partial charge < -0.3 is 10.2 Å². The minimum atomic E-state index is -0.938. The summed E-state index contributed by atoms with van der Waals surface area (Å²) >= 11 is 2.06. The molecule has 64 valence electrons. The van der Waals surface area contributed by atoms with Crippen LogP contribution in [0.3, 0.4) is 0 Å². The van der Waals surface area contributed by atoms with Crippen LogP contribution >= 0.6 is 22.6 Å². The summed E-state index contributed by atoms with van der Waals surface area (Å²) in [5.74, 6) is -0.898. The summed E-state index contributed by atoms with van der Waals surface area (Å²) in [4.78, 5) is 10.3. The van der Waals surface area contributed by atoms with Crippen molar-refractivity contribution >= 4 is 28.6 Å². The van der Waals surface area contributed by atoms with Crippen molar-refractivity contribution in [3.05, 3.63) is 27.3 Å². The molecule has 1 rings (SSSR count). The van der Waals surface area contributed by atoms with Crippen molar-refractivity contribution < 1.29 is 15.0 Å². The molecule has 1 aromatic rings. The van der Waals surface area contributed by atoms with Gasteiger partial charge in [0.25, 0.3) is 0 Å². The summed E-state index contributed by atoms with van der Waals surface area (Å²) < 4.78 is 0.918. The smallest absolute Gasteiger partial charge is 0.307 e. The molecule has 0 aromatic heterocycles. The van der Waals surface area contributed by atoms with Gasteiger partial charge in [-0.25, -0.2) is 0 Å². The van der Waals surface area contributed by atoms with Gasteiger partial charge in [-0.3, -0.25) is 4.79 Å². The van der Waals surface area contributed by atoms with Crippen LogP contribution in [0.1, 0.15) is 5.56 Å². The highest BCUT2D eigenvalue weighted by Gasteiger charge is 2.05. The Labute approximate surface area is 83.2 Å². The number of aliphatic carboxylic acids is 1. The number of halogens is 1. The molecule has 0 aliphatic heterocycles. The summed E-state index contributed by atoms with van der Waals surface area (Å²) in [6.45, 7) is 0. The minimum Gasteiger partial charge on any atom is -0.508 e. The Morgan fingerprint density at radius 2 is 2.17 bits per heavy atom. The molecule has 0 amide bonds. The van der Waals surface area contributed by atoms with Crippen LogP contribution in [0.2, 0.25) is 0 Å². The molecule has 3 nitrogen and oxygen atoms in total. The van der Waals surface area contributed by atoms with Gasteiger partial charge in [0, 0.05) is 9.13 Å². The molecule has 0 radical (unpaired) electrons. The molecule has 2 N–H and O–H groups in total. The quantitative estimate of drug-likeness (QED) is 0.808. The Bertz CT molecular complexity index is 309. The Morgan fingerprint density at radius 3 is 2.75 bits per heavy atom. The monoisotopic (exact) mass is 278 g/mol. The standard InChI is InChI=1S/C8H7IO3/c9-6-1-2-7(10)5(3-6)4-8(11)12/h1-3,10H,4H2,(H,11,12). The van der Waals surface area contributed by atoms with Crippen LogP contribution < -0.4 is 0 Å². The number of rotatable bonds is 2. The summed E-state index contributed by atoms with van der Waals surface area (Å²) in [6.07, 6.45) is -0.136. The molecule has 0 bridgehead atoms. The van der Waals surface area contributed by atoms with Gasteiger partial charge in [0.05, 0.1) is 6.42 Å². The second kappa shape index (κ2) is 3.75. The van der Waals surface area contributed by atoms with E-state index in [1.165, 1.54) is 6.07 Å². The highest BCUT2D eigenvalue weighted by atomic mass is 127. The number of carboxylic acids is 1. The van der Waals surface area contributed by atoms with Crippen LogP contribution in [0.15, 0.2) is 18.2 Å². The Morgan fingerprint density at radius 1 is 1.50 bits per heavy atom. The lowest BCUT2D eigenvalue weighted by atomic mass is 10.1. The first-order valence-corrected chi connectivity index (χ1v) is 4.36. The van der Waals surface area contributed by atoms with E-state index in [-0.39, 0.29) is 12.2 Å². The fourth-order valence-corrected chi connectivity index (χ4v) is 1.41. The van der Waals surface area contributed by atoms with Gasteiger partial charge in [0.15, 0.2) is 0 Å². The van der Waals surface area contributed by atoms with E-state index in [4.69, 9.17) is 5.11 Å². The normalized spacial score (nSPS) is 9.75. The second-order valence-corrected chi connectivity index (χ2v) is 3.59. The number of hydrogen-bond acceptors (Lipinski definition) is 2. The number of hydrogen-bond donors (Lipinski definition) is 2. The zero-order chi connectivity index (χ0) is 9.14. The van der Waals surface area contributed by atoms with Gasteiger partial charge in [-0.1, -0.05) is 0 Å². The predicted octanol–water partition coefficient (Wildman–Crippen LogP) is 1.62. The molecule has 0 saturated heterocycles. The van der Waals surface area contributed by atoms with Crippen molar-refractivity contribution in [1.29, 1.82) is 0 Å². The number of phenolic OH excluding ortho intramolecular Hbond substituents is 1. The lowest BCUT2D eigenvalue weighted by Crippen LogP contribution is -2.00. The molecule has 0 fully saturated rings. The third-order valence-electron chi connectivity index (χ3n) is 1.38. The van der Waals surface area contributed by atoms with Gasteiger partial charge in [0.1, 0.15) is 5.75 Å².